The van der Waals surface area contributed by atoms with E-state index in [2.05, 4.69) is 15.0 Å². The number of carbonyl (C=O) groups is 1. The van der Waals surface area contributed by atoms with Crippen LogP contribution in [0.25, 0.3) is 10.4 Å². The van der Waals surface area contributed by atoms with E-state index in [1.165, 1.54) is 11.3 Å². The summed E-state index contributed by atoms with van der Waals surface area (Å²) < 4.78 is 28.9. The summed E-state index contributed by atoms with van der Waals surface area (Å²) in [6.45, 7) is 3.71. The van der Waals surface area contributed by atoms with Crippen molar-refractivity contribution in [3.05, 3.63) is 29.5 Å². The van der Waals surface area contributed by atoms with Gasteiger partial charge in [0.2, 0.25) is 15.9 Å². The van der Waals surface area contributed by atoms with Gasteiger partial charge in [0, 0.05) is 12.0 Å². The minimum atomic E-state index is -3.58. The Morgan fingerprint density at radius 3 is 2.43 bits per heavy atom. The van der Waals surface area contributed by atoms with E-state index in [9.17, 15) is 13.2 Å². The molecule has 162 valence electrons. The van der Waals surface area contributed by atoms with Crippen molar-refractivity contribution in [2.45, 2.75) is 76.2 Å². The number of amides is 1. The number of sulfonamides is 1. The maximum Gasteiger partial charge on any atom is 0.241 e. The summed E-state index contributed by atoms with van der Waals surface area (Å²) in [5.41, 5.74) is 2.32. The Hall–Kier alpha value is -1.77. The summed E-state index contributed by atoms with van der Waals surface area (Å²) in [6.07, 6.45) is 8.03. The van der Waals surface area contributed by atoms with E-state index < -0.39 is 10.0 Å². The van der Waals surface area contributed by atoms with Crippen LogP contribution in [0.2, 0.25) is 0 Å². The molecule has 0 atom stereocenters. The highest BCUT2D eigenvalue weighted by Crippen LogP contribution is 2.35. The topological polar surface area (TPSA) is 88.2 Å². The number of rotatable bonds is 6. The maximum absolute atomic E-state index is 13.0. The zero-order valence-corrected chi connectivity index (χ0v) is 19.2. The Morgan fingerprint density at radius 2 is 1.73 bits per heavy atom. The number of nitrogens with one attached hydrogen (secondary N) is 2. The largest absolute Gasteiger partial charge is 0.302 e. The number of anilines is 1. The second-order valence-electron chi connectivity index (χ2n) is 8.49. The van der Waals surface area contributed by atoms with Crippen molar-refractivity contribution in [2.24, 2.45) is 5.92 Å². The van der Waals surface area contributed by atoms with E-state index in [0.717, 1.165) is 73.1 Å². The van der Waals surface area contributed by atoms with Crippen molar-refractivity contribution in [1.82, 2.24) is 9.71 Å². The Bertz CT molecular complexity index is 1030. The standard InChI is InChI=1S/C22H29N3O3S2/c1-14-11-12-17(13-19(14)30(27,28)25-18-9-5-6-10-18)20-15(2)23-22(29-20)24-21(26)16-7-3-4-8-16/h11-13,16,18,25H,3-10H2,1-2H3,(H,23,24,26). The molecule has 0 saturated heterocycles. The fourth-order valence-electron chi connectivity index (χ4n) is 4.47. The third kappa shape index (κ3) is 4.60. The Morgan fingerprint density at radius 1 is 1.07 bits per heavy atom. The van der Waals surface area contributed by atoms with Crippen LogP contribution in [-0.2, 0) is 14.8 Å². The molecule has 8 heteroatoms. The van der Waals surface area contributed by atoms with Gasteiger partial charge in [0.15, 0.2) is 5.13 Å². The number of nitrogens with zero attached hydrogens (tertiary/aromatic N) is 1. The third-order valence-corrected chi connectivity index (χ3v) is 8.95. The van der Waals surface area contributed by atoms with E-state index in [-0.39, 0.29) is 17.9 Å². The van der Waals surface area contributed by atoms with Crippen molar-refractivity contribution < 1.29 is 13.2 Å². The van der Waals surface area contributed by atoms with Gasteiger partial charge in [0.05, 0.1) is 15.5 Å². The van der Waals surface area contributed by atoms with E-state index in [4.69, 9.17) is 0 Å². The van der Waals surface area contributed by atoms with Gasteiger partial charge in [-0.05, 0) is 56.7 Å². The SMILES string of the molecule is Cc1ccc(-c2sc(NC(=O)C3CCCC3)nc2C)cc1S(=O)(=O)NC1CCCC1. The minimum absolute atomic E-state index is 0.0283. The lowest BCUT2D eigenvalue weighted by molar-refractivity contribution is -0.119. The van der Waals surface area contributed by atoms with Crippen LogP contribution in [0.5, 0.6) is 0 Å². The lowest BCUT2D eigenvalue weighted by Gasteiger charge is -2.15. The summed E-state index contributed by atoms with van der Waals surface area (Å²) in [5.74, 6) is 0.121. The molecule has 1 aromatic carbocycles. The first-order valence-electron chi connectivity index (χ1n) is 10.7. The van der Waals surface area contributed by atoms with Crippen LogP contribution in [0.3, 0.4) is 0 Å². The molecule has 0 radical (unpaired) electrons. The van der Waals surface area contributed by atoms with Gasteiger partial charge < -0.3 is 5.32 Å². The number of benzene rings is 1. The molecule has 4 rings (SSSR count). The molecule has 1 amide bonds. The Labute approximate surface area is 182 Å². The normalized spacial score (nSPS) is 18.2. The summed E-state index contributed by atoms with van der Waals surface area (Å²) >= 11 is 1.40. The Kier molecular flexibility index (Phi) is 6.27. The van der Waals surface area contributed by atoms with Gasteiger partial charge in [-0.1, -0.05) is 49.2 Å². The highest BCUT2D eigenvalue weighted by atomic mass is 32.2. The second kappa shape index (κ2) is 8.77. The van der Waals surface area contributed by atoms with Gasteiger partial charge in [-0.3, -0.25) is 4.79 Å². The molecular weight excluding hydrogens is 418 g/mol. The molecule has 0 spiro atoms. The van der Waals surface area contributed by atoms with Gasteiger partial charge in [-0.15, -0.1) is 0 Å². The lowest BCUT2D eigenvalue weighted by atomic mass is 10.1. The van der Waals surface area contributed by atoms with Crippen LogP contribution < -0.4 is 10.0 Å². The number of thiazole rings is 1. The van der Waals surface area contributed by atoms with Crippen molar-refractivity contribution in [3.8, 4) is 10.4 Å². The zero-order chi connectivity index (χ0) is 21.3. The zero-order valence-electron chi connectivity index (χ0n) is 17.5. The quantitative estimate of drug-likeness (QED) is 0.667. The van der Waals surface area contributed by atoms with Crippen LogP contribution in [0.1, 0.15) is 62.6 Å². The molecule has 1 heterocycles. The summed E-state index contributed by atoms with van der Waals surface area (Å²) in [7, 11) is -3.58. The number of hydrogen-bond acceptors (Lipinski definition) is 5. The summed E-state index contributed by atoms with van der Waals surface area (Å²) in [4.78, 5) is 18.2. The fraction of sp³-hybridized carbons (Fsp3) is 0.545. The van der Waals surface area contributed by atoms with E-state index in [1.54, 1.807) is 6.07 Å². The van der Waals surface area contributed by atoms with Crippen molar-refractivity contribution in [1.29, 1.82) is 0 Å². The number of aromatic nitrogens is 1. The number of hydrogen-bond donors (Lipinski definition) is 2. The average molecular weight is 448 g/mol. The van der Waals surface area contributed by atoms with Crippen molar-refractivity contribution in [3.63, 3.8) is 0 Å². The molecular formula is C22H29N3O3S2. The molecule has 2 aromatic rings. The molecule has 2 saturated carbocycles. The number of carbonyl (C=O) groups excluding carboxylic acids is 1. The lowest BCUT2D eigenvalue weighted by Crippen LogP contribution is -2.33. The molecule has 2 aliphatic rings. The van der Waals surface area contributed by atoms with E-state index in [0.29, 0.717) is 10.0 Å². The molecule has 2 fully saturated rings. The molecule has 2 aliphatic carbocycles. The smallest absolute Gasteiger partial charge is 0.241 e. The second-order valence-corrected chi connectivity index (χ2v) is 11.2. The van der Waals surface area contributed by atoms with Gasteiger partial charge in [0.25, 0.3) is 0 Å². The van der Waals surface area contributed by atoms with E-state index >= 15 is 0 Å². The van der Waals surface area contributed by atoms with Gasteiger partial charge in [-0.2, -0.15) is 0 Å². The van der Waals surface area contributed by atoms with Crippen LogP contribution in [-0.4, -0.2) is 25.4 Å². The van der Waals surface area contributed by atoms with Gasteiger partial charge in [-0.25, -0.2) is 18.1 Å². The van der Waals surface area contributed by atoms with Crippen LogP contribution in [0.4, 0.5) is 5.13 Å². The summed E-state index contributed by atoms with van der Waals surface area (Å²) in [5, 5.41) is 3.53. The highest BCUT2D eigenvalue weighted by Gasteiger charge is 2.26. The third-order valence-electron chi connectivity index (χ3n) is 6.17. The average Bonchev–Trinajstić information content (AvgIpc) is 3.44. The molecule has 0 bridgehead atoms. The molecule has 2 N–H and O–H groups in total. The van der Waals surface area contributed by atoms with Crippen LogP contribution >= 0.6 is 11.3 Å². The molecule has 6 nitrogen and oxygen atoms in total. The Balaban J connectivity index is 1.57. The highest BCUT2D eigenvalue weighted by molar-refractivity contribution is 7.89. The number of aryl methyl sites for hydroxylation is 2. The first-order chi connectivity index (χ1) is 14.3. The molecule has 1 aromatic heterocycles. The monoisotopic (exact) mass is 447 g/mol. The molecule has 0 aliphatic heterocycles. The predicted octanol–water partition coefficient (Wildman–Crippen LogP) is 4.78. The molecule has 0 unspecified atom stereocenters. The van der Waals surface area contributed by atoms with Crippen molar-refractivity contribution in [2.75, 3.05) is 5.32 Å². The molecule has 30 heavy (non-hydrogen) atoms. The minimum Gasteiger partial charge on any atom is -0.302 e. The van der Waals surface area contributed by atoms with Gasteiger partial charge >= 0.3 is 0 Å². The van der Waals surface area contributed by atoms with Crippen LogP contribution in [0.15, 0.2) is 23.1 Å². The van der Waals surface area contributed by atoms with E-state index in [1.807, 2.05) is 26.0 Å². The summed E-state index contributed by atoms with van der Waals surface area (Å²) in [6, 6.07) is 5.53. The van der Waals surface area contributed by atoms with Gasteiger partial charge in [0.1, 0.15) is 0 Å². The maximum atomic E-state index is 13.0. The predicted molar refractivity (Wildman–Crippen MR) is 120 cm³/mol. The van der Waals surface area contributed by atoms with Crippen molar-refractivity contribution >= 4 is 32.4 Å². The van der Waals surface area contributed by atoms with Crippen LogP contribution in [0, 0.1) is 19.8 Å². The first-order valence-corrected chi connectivity index (χ1v) is 13.0. The first kappa shape index (κ1) is 21.5. The fourth-order valence-corrected chi connectivity index (χ4v) is 7.01.